The van der Waals surface area contributed by atoms with E-state index in [2.05, 4.69) is 15.2 Å². The molecule has 5 nitrogen and oxygen atoms in total. The first-order valence-corrected chi connectivity index (χ1v) is 10.3. The highest BCUT2D eigenvalue weighted by molar-refractivity contribution is 5.61. The molecule has 0 saturated carbocycles. The number of benzene rings is 1. The first-order chi connectivity index (χ1) is 14.3. The number of rotatable bonds is 4. The van der Waals surface area contributed by atoms with Gasteiger partial charge in [-0.3, -0.25) is 4.98 Å². The number of anilines is 1. The fourth-order valence-corrected chi connectivity index (χ4v) is 4.42. The fourth-order valence-electron chi connectivity index (χ4n) is 4.42. The Morgan fingerprint density at radius 1 is 1.03 bits per heavy atom. The van der Waals surface area contributed by atoms with Crippen molar-refractivity contribution in [3.05, 3.63) is 71.4 Å². The zero-order valence-electron chi connectivity index (χ0n) is 16.3. The second-order valence-electron chi connectivity index (χ2n) is 7.92. The van der Waals surface area contributed by atoms with Crippen LogP contribution in [0.15, 0.2) is 48.8 Å². The summed E-state index contributed by atoms with van der Waals surface area (Å²) in [5, 5.41) is 3.43. The van der Waals surface area contributed by atoms with E-state index in [9.17, 15) is 4.39 Å². The third kappa shape index (κ3) is 3.85. The minimum atomic E-state index is -0.174. The van der Waals surface area contributed by atoms with Crippen LogP contribution < -0.4 is 10.2 Å². The molecule has 5 rings (SSSR count). The summed E-state index contributed by atoms with van der Waals surface area (Å²) in [5.74, 6) is 2.20. The van der Waals surface area contributed by atoms with Gasteiger partial charge in [-0.15, -0.1) is 0 Å². The van der Waals surface area contributed by atoms with Gasteiger partial charge in [-0.05, 0) is 55.0 Å². The van der Waals surface area contributed by atoms with Gasteiger partial charge in [-0.2, -0.15) is 0 Å². The SMILES string of the molecule is Fc1ccc(C[C@H]2CCCN(c3nc(-c4ccncc4)nc4c3CNC4)C2)cc1. The van der Waals surface area contributed by atoms with E-state index in [-0.39, 0.29) is 5.82 Å². The van der Waals surface area contributed by atoms with Crippen molar-refractivity contribution in [1.29, 1.82) is 0 Å². The van der Waals surface area contributed by atoms with Crippen molar-refractivity contribution in [2.24, 2.45) is 5.92 Å². The Labute approximate surface area is 170 Å². The van der Waals surface area contributed by atoms with E-state index in [4.69, 9.17) is 9.97 Å². The van der Waals surface area contributed by atoms with Gasteiger partial charge < -0.3 is 10.2 Å². The Bertz CT molecular complexity index is 990. The maximum atomic E-state index is 13.2. The van der Waals surface area contributed by atoms with Crippen molar-refractivity contribution >= 4 is 5.82 Å². The predicted octanol–water partition coefficient (Wildman–Crippen LogP) is 3.74. The molecule has 2 aliphatic heterocycles. The number of hydrogen-bond donors (Lipinski definition) is 1. The molecule has 1 saturated heterocycles. The second-order valence-corrected chi connectivity index (χ2v) is 7.92. The first-order valence-electron chi connectivity index (χ1n) is 10.3. The summed E-state index contributed by atoms with van der Waals surface area (Å²) < 4.78 is 13.2. The van der Waals surface area contributed by atoms with Crippen molar-refractivity contribution < 1.29 is 4.39 Å². The molecule has 0 bridgehead atoms. The van der Waals surface area contributed by atoms with Crippen molar-refractivity contribution in [3.8, 4) is 11.4 Å². The summed E-state index contributed by atoms with van der Waals surface area (Å²) in [6, 6.07) is 10.8. The number of pyridine rings is 1. The molecule has 2 aromatic heterocycles. The summed E-state index contributed by atoms with van der Waals surface area (Å²) in [6.45, 7) is 3.59. The third-order valence-corrected chi connectivity index (χ3v) is 5.86. The average molecular weight is 389 g/mol. The van der Waals surface area contributed by atoms with Gasteiger partial charge in [0.15, 0.2) is 5.82 Å². The van der Waals surface area contributed by atoms with Crippen molar-refractivity contribution in [2.75, 3.05) is 18.0 Å². The number of nitrogens with one attached hydrogen (secondary N) is 1. The average Bonchev–Trinajstić information content (AvgIpc) is 3.24. The van der Waals surface area contributed by atoms with Gasteiger partial charge in [-0.1, -0.05) is 12.1 Å². The van der Waals surface area contributed by atoms with Gasteiger partial charge >= 0.3 is 0 Å². The molecular weight excluding hydrogens is 365 g/mol. The van der Waals surface area contributed by atoms with E-state index in [1.54, 1.807) is 24.5 Å². The van der Waals surface area contributed by atoms with E-state index in [0.717, 1.165) is 61.9 Å². The summed E-state index contributed by atoms with van der Waals surface area (Å²) in [5.41, 5.74) is 4.52. The van der Waals surface area contributed by atoms with Crippen LogP contribution in [-0.4, -0.2) is 28.0 Å². The van der Waals surface area contributed by atoms with Crippen LogP contribution in [0.5, 0.6) is 0 Å². The molecule has 148 valence electrons. The molecule has 0 unspecified atom stereocenters. The molecule has 29 heavy (non-hydrogen) atoms. The molecule has 1 atom stereocenters. The number of piperidine rings is 1. The third-order valence-electron chi connectivity index (χ3n) is 5.86. The normalized spacial score (nSPS) is 18.7. The predicted molar refractivity (Wildman–Crippen MR) is 111 cm³/mol. The van der Waals surface area contributed by atoms with Crippen LogP contribution in [0.4, 0.5) is 10.2 Å². The lowest BCUT2D eigenvalue weighted by Crippen LogP contribution is -2.37. The molecule has 1 N–H and O–H groups in total. The highest BCUT2D eigenvalue weighted by Crippen LogP contribution is 2.31. The zero-order valence-corrected chi connectivity index (χ0v) is 16.3. The molecular formula is C23H24FN5. The summed E-state index contributed by atoms with van der Waals surface area (Å²) in [7, 11) is 0. The van der Waals surface area contributed by atoms with Gasteiger partial charge in [0.25, 0.3) is 0 Å². The number of aromatic nitrogens is 3. The fraction of sp³-hybridized carbons (Fsp3) is 0.348. The summed E-state index contributed by atoms with van der Waals surface area (Å²) in [4.78, 5) is 16.3. The molecule has 2 aliphatic rings. The quantitative estimate of drug-likeness (QED) is 0.737. The van der Waals surface area contributed by atoms with Crippen LogP contribution in [0.1, 0.15) is 29.7 Å². The van der Waals surface area contributed by atoms with E-state index >= 15 is 0 Å². The van der Waals surface area contributed by atoms with Gasteiger partial charge in [0.2, 0.25) is 0 Å². The second kappa shape index (κ2) is 7.87. The zero-order chi connectivity index (χ0) is 19.6. The van der Waals surface area contributed by atoms with Crippen LogP contribution in [0, 0.1) is 11.7 Å². The summed E-state index contributed by atoms with van der Waals surface area (Å²) >= 11 is 0. The summed E-state index contributed by atoms with van der Waals surface area (Å²) in [6.07, 6.45) is 6.87. The topological polar surface area (TPSA) is 53.9 Å². The van der Waals surface area contributed by atoms with Crippen LogP contribution >= 0.6 is 0 Å². The van der Waals surface area contributed by atoms with Crippen molar-refractivity contribution in [1.82, 2.24) is 20.3 Å². The van der Waals surface area contributed by atoms with Gasteiger partial charge in [0, 0.05) is 49.7 Å². The maximum Gasteiger partial charge on any atom is 0.161 e. The Hall–Kier alpha value is -2.86. The van der Waals surface area contributed by atoms with Gasteiger partial charge in [0.1, 0.15) is 11.6 Å². The largest absolute Gasteiger partial charge is 0.356 e. The molecule has 0 spiro atoms. The minimum absolute atomic E-state index is 0.174. The van der Waals surface area contributed by atoms with Crippen LogP contribution in [0.2, 0.25) is 0 Å². The lowest BCUT2D eigenvalue weighted by atomic mass is 9.91. The van der Waals surface area contributed by atoms with Crippen molar-refractivity contribution in [2.45, 2.75) is 32.4 Å². The molecule has 1 fully saturated rings. The number of halogens is 1. The highest BCUT2D eigenvalue weighted by Gasteiger charge is 2.27. The van der Waals surface area contributed by atoms with Crippen LogP contribution in [0.25, 0.3) is 11.4 Å². The molecule has 0 amide bonds. The highest BCUT2D eigenvalue weighted by atomic mass is 19.1. The molecule has 0 aliphatic carbocycles. The Kier molecular flexibility index (Phi) is 4.94. The number of fused-ring (bicyclic) bond motifs is 1. The molecule has 3 aromatic rings. The number of hydrogen-bond acceptors (Lipinski definition) is 5. The maximum absolute atomic E-state index is 13.2. The monoisotopic (exact) mass is 389 g/mol. The Balaban J connectivity index is 1.42. The Morgan fingerprint density at radius 3 is 2.69 bits per heavy atom. The van der Waals surface area contributed by atoms with E-state index in [1.165, 1.54) is 17.5 Å². The van der Waals surface area contributed by atoms with Crippen LogP contribution in [-0.2, 0) is 19.5 Å². The Morgan fingerprint density at radius 2 is 1.86 bits per heavy atom. The van der Waals surface area contributed by atoms with Crippen molar-refractivity contribution in [3.63, 3.8) is 0 Å². The van der Waals surface area contributed by atoms with Gasteiger partial charge in [-0.25, -0.2) is 14.4 Å². The molecule has 0 radical (unpaired) electrons. The van der Waals surface area contributed by atoms with Crippen LogP contribution in [0.3, 0.4) is 0 Å². The van der Waals surface area contributed by atoms with E-state index in [0.29, 0.717) is 5.92 Å². The molecule has 1 aromatic carbocycles. The standard InChI is InChI=1S/C23H24FN5/c24-19-5-3-16(4-6-19)12-17-2-1-11-29(15-17)23-20-13-26-14-21(20)27-22(28-23)18-7-9-25-10-8-18/h3-10,17,26H,1-2,11-15H2/t17-/m1/s1. The molecule has 4 heterocycles. The molecule has 6 heteroatoms. The van der Waals surface area contributed by atoms with E-state index in [1.807, 2.05) is 24.3 Å². The lowest BCUT2D eigenvalue weighted by molar-refractivity contribution is 0.410. The van der Waals surface area contributed by atoms with E-state index < -0.39 is 0 Å². The smallest absolute Gasteiger partial charge is 0.161 e. The first kappa shape index (κ1) is 18.2. The number of nitrogens with zero attached hydrogens (tertiary/aromatic N) is 4. The minimum Gasteiger partial charge on any atom is -0.356 e. The van der Waals surface area contributed by atoms with Gasteiger partial charge in [0.05, 0.1) is 5.69 Å². The lowest BCUT2D eigenvalue weighted by Gasteiger charge is -2.35.